The van der Waals surface area contributed by atoms with Gasteiger partial charge in [-0.05, 0) is 42.5 Å². The summed E-state index contributed by atoms with van der Waals surface area (Å²) in [7, 11) is 0. The van der Waals surface area contributed by atoms with Gasteiger partial charge in [0.2, 0.25) is 0 Å². The summed E-state index contributed by atoms with van der Waals surface area (Å²) in [6, 6.07) is 7.60. The maximum Gasteiger partial charge on any atom is 0.490 e. The number of nitrogens with zero attached hydrogens (tertiary/aromatic N) is 2. The fourth-order valence-electron chi connectivity index (χ4n) is 3.86. The minimum absolute atomic E-state index is 0.0478. The molecule has 3 N–H and O–H groups in total. The lowest BCUT2D eigenvalue weighted by Gasteiger charge is -2.27. The van der Waals surface area contributed by atoms with Gasteiger partial charge in [-0.15, -0.1) is 0 Å². The van der Waals surface area contributed by atoms with Crippen LogP contribution in [-0.4, -0.2) is 57.2 Å². The molecule has 3 atom stereocenters. The molecule has 8 nitrogen and oxygen atoms in total. The molecule has 0 bridgehead atoms. The van der Waals surface area contributed by atoms with Gasteiger partial charge in [-0.2, -0.15) is 13.2 Å². The Hall–Kier alpha value is -3.70. The third kappa shape index (κ3) is 5.76. The van der Waals surface area contributed by atoms with Crippen molar-refractivity contribution < 1.29 is 42.2 Å². The highest BCUT2D eigenvalue weighted by Gasteiger charge is 2.57. The molecule has 176 valence electrons. The van der Waals surface area contributed by atoms with Crippen LogP contribution < -0.4 is 5.32 Å². The van der Waals surface area contributed by atoms with E-state index in [0.29, 0.717) is 36.4 Å². The molecule has 12 heteroatoms. The molecule has 1 saturated heterocycles. The number of fused-ring (bicyclic) bond motifs is 1. The quantitative estimate of drug-likeness (QED) is 0.587. The van der Waals surface area contributed by atoms with Crippen LogP contribution in [0.4, 0.5) is 28.9 Å². The fraction of sp³-hybridized carbons (Fsp3) is 0.333. The van der Waals surface area contributed by atoms with E-state index in [2.05, 4.69) is 10.3 Å². The maximum absolute atomic E-state index is 13.4. The van der Waals surface area contributed by atoms with E-state index in [-0.39, 0.29) is 29.5 Å². The van der Waals surface area contributed by atoms with Gasteiger partial charge in [0.1, 0.15) is 5.82 Å². The number of benzene rings is 1. The van der Waals surface area contributed by atoms with E-state index in [0.717, 1.165) is 0 Å². The Morgan fingerprint density at radius 3 is 2.42 bits per heavy atom. The van der Waals surface area contributed by atoms with Crippen LogP contribution >= 0.6 is 0 Å². The molecule has 1 saturated carbocycles. The average Bonchev–Trinajstić information content (AvgIpc) is 3.47. The number of aliphatic carboxylic acids is 2. The van der Waals surface area contributed by atoms with E-state index in [9.17, 15) is 32.3 Å². The van der Waals surface area contributed by atoms with E-state index < -0.39 is 18.1 Å². The number of carbonyl (C=O) groups excluding carboxylic acids is 1. The number of alkyl halides is 3. The average molecular weight is 469 g/mol. The van der Waals surface area contributed by atoms with Crippen LogP contribution in [0.15, 0.2) is 42.7 Å². The van der Waals surface area contributed by atoms with Crippen molar-refractivity contribution in [2.45, 2.75) is 12.6 Å². The van der Waals surface area contributed by atoms with Crippen LogP contribution in [0.3, 0.4) is 0 Å². The number of carbonyl (C=O) groups is 3. The molecule has 2 heterocycles. The number of hydrogen-bond donors (Lipinski definition) is 3. The number of anilines is 2. The topological polar surface area (TPSA) is 120 Å². The van der Waals surface area contributed by atoms with Crippen LogP contribution in [0.1, 0.15) is 16.8 Å². The van der Waals surface area contributed by atoms with Gasteiger partial charge in [0, 0.05) is 25.0 Å². The minimum Gasteiger partial charge on any atom is -0.481 e. The Morgan fingerprint density at radius 1 is 1.12 bits per heavy atom. The summed E-state index contributed by atoms with van der Waals surface area (Å²) in [5, 5.41) is 19.4. The Kier molecular flexibility index (Phi) is 6.84. The van der Waals surface area contributed by atoms with Gasteiger partial charge in [0.25, 0.3) is 5.91 Å². The number of amides is 1. The molecule has 1 aromatic heterocycles. The molecule has 33 heavy (non-hydrogen) atoms. The second kappa shape index (κ2) is 9.43. The number of rotatable bonds is 4. The van der Waals surface area contributed by atoms with Crippen molar-refractivity contribution in [3.05, 3.63) is 54.1 Å². The van der Waals surface area contributed by atoms with Gasteiger partial charge in [0.15, 0.2) is 0 Å². The highest BCUT2D eigenvalue weighted by molar-refractivity contribution is 6.00. The van der Waals surface area contributed by atoms with E-state index in [1.165, 1.54) is 24.5 Å². The third-order valence-electron chi connectivity index (χ3n) is 5.47. The zero-order chi connectivity index (χ0) is 24.3. The van der Waals surface area contributed by atoms with Crippen LogP contribution in [0.25, 0.3) is 0 Å². The van der Waals surface area contributed by atoms with Gasteiger partial charge < -0.3 is 20.4 Å². The lowest BCUT2D eigenvalue weighted by Crippen LogP contribution is -2.37. The summed E-state index contributed by atoms with van der Waals surface area (Å²) < 4.78 is 45.1. The first kappa shape index (κ1) is 24.0. The first-order valence-corrected chi connectivity index (χ1v) is 9.78. The van der Waals surface area contributed by atoms with Gasteiger partial charge >= 0.3 is 18.1 Å². The van der Waals surface area contributed by atoms with Crippen molar-refractivity contribution in [1.29, 1.82) is 0 Å². The van der Waals surface area contributed by atoms with Crippen molar-refractivity contribution >= 4 is 29.2 Å². The van der Waals surface area contributed by atoms with E-state index >= 15 is 0 Å². The Balaban J connectivity index is 0.000000383. The summed E-state index contributed by atoms with van der Waals surface area (Å²) in [5.74, 6) is -4.15. The molecule has 0 unspecified atom stereocenters. The zero-order valence-electron chi connectivity index (χ0n) is 16.9. The molecule has 4 rings (SSSR count). The van der Waals surface area contributed by atoms with E-state index in [1.807, 2.05) is 0 Å². The molecule has 1 amide bonds. The molecule has 2 aliphatic rings. The number of likely N-dealkylation sites (tertiary alicyclic amines) is 1. The fourth-order valence-corrected chi connectivity index (χ4v) is 3.86. The number of carboxylic acids is 2. The molecule has 2 fully saturated rings. The molecule has 0 radical (unpaired) electrons. The summed E-state index contributed by atoms with van der Waals surface area (Å²) in [6.07, 6.45) is -1.30. The second-order valence-electron chi connectivity index (χ2n) is 7.59. The summed E-state index contributed by atoms with van der Waals surface area (Å²) in [5.41, 5.74) is 1.46. The summed E-state index contributed by atoms with van der Waals surface area (Å²) >= 11 is 0. The first-order chi connectivity index (χ1) is 15.5. The predicted octanol–water partition coefficient (Wildman–Crippen LogP) is 3.39. The van der Waals surface area contributed by atoms with Crippen molar-refractivity contribution in [3.63, 3.8) is 0 Å². The van der Waals surface area contributed by atoms with E-state index in [4.69, 9.17) is 9.90 Å². The Morgan fingerprint density at radius 2 is 1.82 bits per heavy atom. The molecular weight excluding hydrogens is 450 g/mol. The van der Waals surface area contributed by atoms with Crippen LogP contribution in [0.5, 0.6) is 0 Å². The van der Waals surface area contributed by atoms with Gasteiger partial charge in [0.05, 0.1) is 23.4 Å². The van der Waals surface area contributed by atoms with Crippen LogP contribution in [-0.2, 0) is 9.59 Å². The second-order valence-corrected chi connectivity index (χ2v) is 7.59. The lowest BCUT2D eigenvalue weighted by molar-refractivity contribution is -0.192. The maximum atomic E-state index is 13.4. The molecule has 1 aliphatic heterocycles. The number of pyridine rings is 1. The molecular formula is C21H19F4N3O5. The van der Waals surface area contributed by atoms with Gasteiger partial charge in [-0.3, -0.25) is 14.6 Å². The lowest BCUT2D eigenvalue weighted by atomic mass is 10.1. The number of halogens is 4. The van der Waals surface area contributed by atoms with Crippen molar-refractivity contribution in [2.75, 3.05) is 18.4 Å². The number of carboxylic acid groups (broad SMARTS) is 2. The van der Waals surface area contributed by atoms with Crippen LogP contribution in [0, 0.1) is 23.6 Å². The number of piperidine rings is 1. The molecule has 1 aliphatic carbocycles. The number of hydrogen-bond acceptors (Lipinski definition) is 5. The van der Waals surface area contributed by atoms with E-state index in [1.54, 1.807) is 23.1 Å². The number of nitrogens with one attached hydrogen (secondary N) is 1. The predicted molar refractivity (Wildman–Crippen MR) is 106 cm³/mol. The summed E-state index contributed by atoms with van der Waals surface area (Å²) in [6.45, 7) is 1.01. The highest BCUT2D eigenvalue weighted by atomic mass is 19.4. The standard InChI is InChI=1S/C19H18FN3O3.C2HF3O2/c20-11-2-1-3-12(8-11)22-16-9-21-6-4-14(16)18(24)23-7-5-13-15(10-23)17(13)19(25)26;3-2(4,5)1(6)7/h1-4,6,8-9,13,15,17,22H,5,7,10H2,(H,25,26);(H,6,7)/t13-,15+,17-;/m1./s1. The van der Waals surface area contributed by atoms with Crippen molar-refractivity contribution in [3.8, 4) is 0 Å². The van der Waals surface area contributed by atoms with Gasteiger partial charge in [-0.1, -0.05) is 6.07 Å². The zero-order valence-corrected chi connectivity index (χ0v) is 16.9. The highest BCUT2D eigenvalue weighted by Crippen LogP contribution is 2.51. The largest absolute Gasteiger partial charge is 0.490 e. The first-order valence-electron chi connectivity index (χ1n) is 9.78. The number of aromatic nitrogens is 1. The summed E-state index contributed by atoms with van der Waals surface area (Å²) in [4.78, 5) is 38.8. The third-order valence-corrected chi connectivity index (χ3v) is 5.47. The molecule has 0 spiro atoms. The van der Waals surface area contributed by atoms with Crippen molar-refractivity contribution in [2.24, 2.45) is 17.8 Å². The minimum atomic E-state index is -5.08. The monoisotopic (exact) mass is 469 g/mol. The van der Waals surface area contributed by atoms with Crippen molar-refractivity contribution in [1.82, 2.24) is 9.88 Å². The molecule has 1 aromatic carbocycles. The molecule has 2 aromatic rings. The Bertz CT molecular complexity index is 1060. The SMILES string of the molecule is O=C(O)C(F)(F)F.O=C(O)[C@@H]1[C@@H]2CCN(C(=O)c3ccncc3Nc3cccc(F)c3)C[C@@H]21. The Labute approximate surface area is 184 Å². The van der Waals surface area contributed by atoms with Gasteiger partial charge in [-0.25, -0.2) is 9.18 Å². The smallest absolute Gasteiger partial charge is 0.481 e. The van der Waals surface area contributed by atoms with Crippen LogP contribution in [0.2, 0.25) is 0 Å². The normalized spacial score (nSPS) is 21.2.